The molecule has 2 saturated heterocycles. The zero-order valence-electron chi connectivity index (χ0n) is 14.4. The first-order valence-corrected chi connectivity index (χ1v) is 9.30. The Hall–Kier alpha value is -1.60. The lowest BCUT2D eigenvalue weighted by Crippen LogP contribution is -2.47. The number of carbonyl (C=O) groups excluding carboxylic acids is 1. The molecule has 1 amide bonds. The zero-order chi connectivity index (χ0) is 18.3. The fourth-order valence-electron chi connectivity index (χ4n) is 3.50. The lowest BCUT2D eigenvalue weighted by atomic mass is 10.0. The summed E-state index contributed by atoms with van der Waals surface area (Å²) in [5.74, 6) is -0.577. The van der Waals surface area contributed by atoms with Crippen LogP contribution >= 0.6 is 23.2 Å². The molecule has 6 nitrogen and oxygen atoms in total. The van der Waals surface area contributed by atoms with Crippen LogP contribution in [0.4, 0.5) is 0 Å². The van der Waals surface area contributed by atoms with Crippen molar-refractivity contribution in [2.45, 2.75) is 18.6 Å². The van der Waals surface area contributed by atoms with Crippen molar-refractivity contribution in [1.82, 2.24) is 14.7 Å². The molecule has 1 aromatic carbocycles. The van der Waals surface area contributed by atoms with Crippen molar-refractivity contribution in [3.63, 3.8) is 0 Å². The molecule has 0 saturated carbocycles. The lowest BCUT2D eigenvalue weighted by molar-refractivity contribution is -0.181. The predicted octanol–water partition coefficient (Wildman–Crippen LogP) is 3.37. The number of benzene rings is 1. The zero-order valence-corrected chi connectivity index (χ0v) is 15.9. The minimum absolute atomic E-state index is 0.0836. The molecule has 2 aliphatic rings. The highest BCUT2D eigenvalue weighted by Gasteiger charge is 2.41. The summed E-state index contributed by atoms with van der Waals surface area (Å²) < 4.78 is 13.1. The maximum atomic E-state index is 12.8. The Kier molecular flexibility index (Phi) is 4.69. The van der Waals surface area contributed by atoms with Crippen molar-refractivity contribution < 1.29 is 14.3 Å². The van der Waals surface area contributed by atoms with Crippen molar-refractivity contribution in [2.75, 3.05) is 26.3 Å². The quantitative estimate of drug-likeness (QED) is 0.781. The van der Waals surface area contributed by atoms with Crippen LogP contribution in [0, 0.1) is 0 Å². The van der Waals surface area contributed by atoms with E-state index in [0.717, 1.165) is 11.3 Å². The molecule has 138 valence electrons. The van der Waals surface area contributed by atoms with Crippen LogP contribution in [-0.2, 0) is 16.5 Å². The molecule has 0 unspecified atom stereocenters. The van der Waals surface area contributed by atoms with E-state index in [1.165, 1.54) is 0 Å². The second-order valence-electron chi connectivity index (χ2n) is 6.57. The maximum Gasteiger partial charge on any atom is 0.274 e. The number of amides is 1. The van der Waals surface area contributed by atoms with E-state index in [1.54, 1.807) is 34.8 Å². The third-order valence-corrected chi connectivity index (χ3v) is 5.68. The van der Waals surface area contributed by atoms with Crippen molar-refractivity contribution in [3.8, 4) is 11.3 Å². The summed E-state index contributed by atoms with van der Waals surface area (Å²) >= 11 is 12.1. The number of ether oxygens (including phenoxy) is 2. The highest BCUT2D eigenvalue weighted by atomic mass is 35.5. The van der Waals surface area contributed by atoms with E-state index in [0.29, 0.717) is 54.9 Å². The van der Waals surface area contributed by atoms with Gasteiger partial charge >= 0.3 is 0 Å². The van der Waals surface area contributed by atoms with Gasteiger partial charge < -0.3 is 14.4 Å². The number of nitrogens with zero attached hydrogens (tertiary/aromatic N) is 3. The number of aromatic nitrogens is 2. The topological polar surface area (TPSA) is 56.6 Å². The lowest BCUT2D eigenvalue weighted by Gasteiger charge is -2.37. The van der Waals surface area contributed by atoms with Crippen molar-refractivity contribution in [2.24, 2.45) is 7.05 Å². The molecule has 2 aliphatic heterocycles. The third kappa shape index (κ3) is 3.22. The minimum Gasteiger partial charge on any atom is -0.347 e. The summed E-state index contributed by atoms with van der Waals surface area (Å²) in [5, 5.41) is 5.35. The van der Waals surface area contributed by atoms with Crippen LogP contribution in [0.1, 0.15) is 23.3 Å². The number of halogens is 2. The molecule has 4 rings (SSSR count). The van der Waals surface area contributed by atoms with Gasteiger partial charge in [-0.15, -0.1) is 0 Å². The molecule has 0 aliphatic carbocycles. The first kappa shape index (κ1) is 17.8. The Morgan fingerprint density at radius 3 is 2.46 bits per heavy atom. The third-order valence-electron chi connectivity index (χ3n) is 4.94. The number of rotatable bonds is 2. The number of piperidine rings is 1. The molecular formula is C18H19Cl2N3O3. The summed E-state index contributed by atoms with van der Waals surface area (Å²) in [4.78, 5) is 14.6. The van der Waals surface area contributed by atoms with Crippen LogP contribution in [0.3, 0.4) is 0 Å². The standard InChI is InChI=1S/C18H19Cl2N3O3/c1-22-16(12-2-3-13(19)14(20)10-12)11-15(21-22)17(24)23-6-4-18(5-7-23)25-8-9-26-18/h2-3,10-11H,4-9H2,1H3. The largest absolute Gasteiger partial charge is 0.347 e. The summed E-state index contributed by atoms with van der Waals surface area (Å²) in [6.07, 6.45) is 1.37. The smallest absolute Gasteiger partial charge is 0.274 e. The summed E-state index contributed by atoms with van der Waals surface area (Å²) in [5.41, 5.74) is 2.08. The van der Waals surface area contributed by atoms with E-state index in [1.807, 2.05) is 6.07 Å². The molecular weight excluding hydrogens is 377 g/mol. The van der Waals surface area contributed by atoms with Crippen LogP contribution in [0.15, 0.2) is 24.3 Å². The second kappa shape index (κ2) is 6.85. The first-order valence-electron chi connectivity index (χ1n) is 8.54. The van der Waals surface area contributed by atoms with Crippen LogP contribution in [0.25, 0.3) is 11.3 Å². The molecule has 2 fully saturated rings. The molecule has 2 aromatic rings. The highest BCUT2D eigenvalue weighted by molar-refractivity contribution is 6.42. The van der Waals surface area contributed by atoms with Gasteiger partial charge in [-0.05, 0) is 18.2 Å². The fourth-order valence-corrected chi connectivity index (χ4v) is 3.79. The molecule has 26 heavy (non-hydrogen) atoms. The van der Waals surface area contributed by atoms with Crippen LogP contribution < -0.4 is 0 Å². The van der Waals surface area contributed by atoms with Crippen LogP contribution in [0.5, 0.6) is 0 Å². The van der Waals surface area contributed by atoms with E-state index < -0.39 is 5.79 Å². The molecule has 1 aromatic heterocycles. The van der Waals surface area contributed by atoms with Crippen molar-refractivity contribution in [1.29, 1.82) is 0 Å². The van der Waals surface area contributed by atoms with Crippen molar-refractivity contribution >= 4 is 29.1 Å². The summed E-state index contributed by atoms with van der Waals surface area (Å²) in [6.45, 7) is 2.44. The number of hydrogen-bond acceptors (Lipinski definition) is 4. The van der Waals surface area contributed by atoms with Crippen LogP contribution in [0.2, 0.25) is 10.0 Å². The maximum absolute atomic E-state index is 12.8. The van der Waals surface area contributed by atoms with Gasteiger partial charge in [0.25, 0.3) is 5.91 Å². The van der Waals surface area contributed by atoms with Gasteiger partial charge in [0.2, 0.25) is 0 Å². The van der Waals surface area contributed by atoms with Crippen LogP contribution in [-0.4, -0.2) is 52.7 Å². The number of carbonyl (C=O) groups is 1. The van der Waals surface area contributed by atoms with Gasteiger partial charge in [0.15, 0.2) is 11.5 Å². The minimum atomic E-state index is -0.494. The molecule has 0 atom stereocenters. The van der Waals surface area contributed by atoms with Gasteiger partial charge in [-0.3, -0.25) is 9.48 Å². The van der Waals surface area contributed by atoms with Gasteiger partial charge in [0.1, 0.15) is 0 Å². The molecule has 0 bridgehead atoms. The van der Waals surface area contributed by atoms with Gasteiger partial charge in [-0.2, -0.15) is 5.10 Å². The average molecular weight is 396 g/mol. The Labute approximate surface area is 161 Å². The summed E-state index contributed by atoms with van der Waals surface area (Å²) in [7, 11) is 1.81. The Balaban J connectivity index is 1.51. The normalized spacial score (nSPS) is 19.3. The number of likely N-dealkylation sites (tertiary alicyclic amines) is 1. The Morgan fingerprint density at radius 1 is 1.12 bits per heavy atom. The summed E-state index contributed by atoms with van der Waals surface area (Å²) in [6, 6.07) is 7.15. The van der Waals surface area contributed by atoms with E-state index >= 15 is 0 Å². The first-order chi connectivity index (χ1) is 12.5. The van der Waals surface area contributed by atoms with E-state index in [9.17, 15) is 4.79 Å². The SMILES string of the molecule is Cn1nc(C(=O)N2CCC3(CC2)OCCO3)cc1-c1ccc(Cl)c(Cl)c1. The molecule has 0 radical (unpaired) electrons. The van der Waals surface area contributed by atoms with E-state index in [-0.39, 0.29) is 5.91 Å². The molecule has 3 heterocycles. The second-order valence-corrected chi connectivity index (χ2v) is 7.38. The predicted molar refractivity (Wildman–Crippen MR) is 98.4 cm³/mol. The number of aryl methyl sites for hydroxylation is 1. The monoisotopic (exact) mass is 395 g/mol. The Morgan fingerprint density at radius 2 is 1.81 bits per heavy atom. The van der Waals surface area contributed by atoms with Gasteiger partial charge in [0, 0.05) is 38.5 Å². The average Bonchev–Trinajstić information content (AvgIpc) is 3.25. The van der Waals surface area contributed by atoms with Gasteiger partial charge in [-0.25, -0.2) is 0 Å². The highest BCUT2D eigenvalue weighted by Crippen LogP contribution is 2.32. The van der Waals surface area contributed by atoms with Crippen molar-refractivity contribution in [3.05, 3.63) is 40.0 Å². The van der Waals surface area contributed by atoms with E-state index in [4.69, 9.17) is 32.7 Å². The molecule has 0 N–H and O–H groups in total. The number of hydrogen-bond donors (Lipinski definition) is 0. The molecule has 1 spiro atoms. The Bertz CT molecular complexity index is 836. The van der Waals surface area contributed by atoms with Gasteiger partial charge in [-0.1, -0.05) is 29.3 Å². The van der Waals surface area contributed by atoms with Gasteiger partial charge in [0.05, 0.1) is 29.0 Å². The fraction of sp³-hybridized carbons (Fsp3) is 0.444. The van der Waals surface area contributed by atoms with E-state index in [2.05, 4.69) is 5.10 Å². The molecule has 8 heteroatoms.